The summed E-state index contributed by atoms with van der Waals surface area (Å²) in [6.07, 6.45) is 2.04. The van der Waals surface area contributed by atoms with Crippen LogP contribution in [0.2, 0.25) is 0 Å². The molecule has 4 nitrogen and oxygen atoms in total. The lowest BCUT2D eigenvalue weighted by Crippen LogP contribution is -1.86. The second-order valence-electron chi connectivity index (χ2n) is 1.42. The highest BCUT2D eigenvalue weighted by molar-refractivity contribution is 5.85. The molecule has 1 aliphatic rings. The van der Waals surface area contributed by atoms with Crippen LogP contribution in [-0.2, 0) is 9.47 Å². The molecule has 0 unspecified atom stereocenters. The number of rotatable bonds is 2. The van der Waals surface area contributed by atoms with Crippen molar-refractivity contribution in [3.63, 3.8) is 0 Å². The highest BCUT2D eigenvalue weighted by Gasteiger charge is 2.11. The first-order chi connectivity index (χ1) is 5.38. The zero-order valence-electron chi connectivity index (χ0n) is 6.68. The number of allylic oxidation sites excluding steroid dienone is 2. The van der Waals surface area contributed by atoms with Crippen molar-refractivity contribution in [2.45, 2.75) is 13.8 Å². The predicted octanol–water partition coefficient (Wildman–Crippen LogP) is 1.53. The lowest BCUT2D eigenvalue weighted by molar-refractivity contribution is 0.0821. The average molecular weight is 156 g/mol. The Morgan fingerprint density at radius 2 is 1.45 bits per heavy atom. The van der Waals surface area contributed by atoms with Gasteiger partial charge in [-0.05, 0) is 0 Å². The molecule has 0 radical (unpaired) electrons. The maximum atomic E-state index is 6.74. The minimum absolute atomic E-state index is 0.120. The van der Waals surface area contributed by atoms with Crippen LogP contribution in [0.3, 0.4) is 0 Å². The molecule has 1 heterocycles. The van der Waals surface area contributed by atoms with Gasteiger partial charge >= 0.3 is 0 Å². The normalized spacial score (nSPS) is 14.0. The zero-order valence-corrected chi connectivity index (χ0v) is 6.68. The van der Waals surface area contributed by atoms with Crippen molar-refractivity contribution in [1.82, 2.24) is 0 Å². The Morgan fingerprint density at radius 1 is 1.09 bits per heavy atom. The van der Waals surface area contributed by atoms with E-state index in [1.54, 1.807) is 0 Å². The van der Waals surface area contributed by atoms with E-state index in [2.05, 4.69) is 0 Å². The first-order valence-corrected chi connectivity index (χ1v) is 3.39. The molecule has 0 aliphatic carbocycles. The van der Waals surface area contributed by atoms with E-state index < -0.39 is 0 Å². The molecule has 11 heavy (non-hydrogen) atoms. The van der Waals surface area contributed by atoms with Gasteiger partial charge < -0.3 is 20.3 Å². The quantitative estimate of drug-likeness (QED) is 0.595. The van der Waals surface area contributed by atoms with Crippen LogP contribution in [0.1, 0.15) is 13.8 Å². The minimum atomic E-state index is 0.120. The van der Waals surface area contributed by atoms with Gasteiger partial charge in [-0.2, -0.15) is 0 Å². The van der Waals surface area contributed by atoms with Crippen molar-refractivity contribution in [3.05, 3.63) is 11.5 Å². The molecule has 0 saturated heterocycles. The van der Waals surface area contributed by atoms with Crippen LogP contribution in [0, 0.1) is 10.8 Å². The summed E-state index contributed by atoms with van der Waals surface area (Å²) in [4.78, 5) is 0. The Kier molecular flexibility index (Phi) is 4.81. The number of nitrogens with one attached hydrogen (secondary N) is 2. The summed E-state index contributed by atoms with van der Waals surface area (Å²) >= 11 is 0. The highest BCUT2D eigenvalue weighted by Crippen LogP contribution is 2.10. The van der Waals surface area contributed by atoms with E-state index in [0.29, 0.717) is 11.5 Å². The van der Waals surface area contributed by atoms with Crippen molar-refractivity contribution in [3.8, 4) is 0 Å². The van der Waals surface area contributed by atoms with E-state index >= 15 is 0 Å². The third-order valence-electron chi connectivity index (χ3n) is 0.934. The first kappa shape index (κ1) is 9.68. The second kappa shape index (κ2) is 5.46. The van der Waals surface area contributed by atoms with Crippen molar-refractivity contribution in [1.29, 1.82) is 10.8 Å². The number of hydrogen-bond donors (Lipinski definition) is 2. The first-order valence-electron chi connectivity index (χ1n) is 3.39. The molecule has 0 aromatic rings. The zero-order chi connectivity index (χ0) is 8.69. The topological polar surface area (TPSA) is 66.2 Å². The van der Waals surface area contributed by atoms with Crippen LogP contribution in [0.4, 0.5) is 0 Å². The summed E-state index contributed by atoms with van der Waals surface area (Å²) in [5.74, 6) is 0.648. The Hall–Kier alpha value is -1.32. The SMILES string of the molecule is CC.N=CC1=C(C=N)OCO1. The summed E-state index contributed by atoms with van der Waals surface area (Å²) in [6, 6.07) is 0. The summed E-state index contributed by atoms with van der Waals surface area (Å²) in [5.41, 5.74) is 0. The predicted molar refractivity (Wildman–Crippen MR) is 43.0 cm³/mol. The fourth-order valence-corrected chi connectivity index (χ4v) is 0.524. The molecule has 62 valence electrons. The van der Waals surface area contributed by atoms with Crippen molar-refractivity contribution in [2.24, 2.45) is 0 Å². The Bertz CT molecular complexity index is 157. The van der Waals surface area contributed by atoms with Gasteiger partial charge in [0.05, 0.1) is 12.4 Å². The maximum Gasteiger partial charge on any atom is 0.231 e. The van der Waals surface area contributed by atoms with Crippen LogP contribution in [0.25, 0.3) is 0 Å². The molecule has 0 atom stereocenters. The standard InChI is InChI=1S/C5H6N2O2.C2H6/c6-1-4-5(2-7)9-3-8-4;1-2/h1-2,6-7H,3H2;1-2H3. The second-order valence-corrected chi connectivity index (χ2v) is 1.42. The van der Waals surface area contributed by atoms with E-state index in [4.69, 9.17) is 20.3 Å². The van der Waals surface area contributed by atoms with Crippen molar-refractivity contribution < 1.29 is 9.47 Å². The smallest absolute Gasteiger partial charge is 0.231 e. The lowest BCUT2D eigenvalue weighted by Gasteiger charge is -1.87. The van der Waals surface area contributed by atoms with Gasteiger partial charge in [0.25, 0.3) is 0 Å². The van der Waals surface area contributed by atoms with Crippen molar-refractivity contribution >= 4 is 12.4 Å². The van der Waals surface area contributed by atoms with Gasteiger partial charge in [0, 0.05) is 0 Å². The van der Waals surface area contributed by atoms with Gasteiger partial charge in [0.1, 0.15) is 0 Å². The van der Waals surface area contributed by atoms with E-state index in [1.165, 1.54) is 0 Å². The third kappa shape index (κ3) is 2.41. The molecule has 1 aliphatic heterocycles. The Balaban J connectivity index is 0.000000461. The molecular formula is C7H12N2O2. The molecule has 0 amide bonds. The monoisotopic (exact) mass is 156 g/mol. The van der Waals surface area contributed by atoms with Gasteiger partial charge in [0.15, 0.2) is 11.5 Å². The van der Waals surface area contributed by atoms with Crippen LogP contribution in [-0.4, -0.2) is 19.2 Å². The molecule has 0 aromatic carbocycles. The van der Waals surface area contributed by atoms with Gasteiger partial charge in [-0.1, -0.05) is 13.8 Å². The van der Waals surface area contributed by atoms with Crippen molar-refractivity contribution in [2.75, 3.05) is 6.79 Å². The summed E-state index contributed by atoms with van der Waals surface area (Å²) in [5, 5.41) is 13.5. The molecule has 4 heteroatoms. The van der Waals surface area contributed by atoms with Crippen LogP contribution in [0.5, 0.6) is 0 Å². The number of ether oxygens (including phenoxy) is 2. The molecule has 0 saturated carbocycles. The Labute approximate surface area is 65.8 Å². The van der Waals surface area contributed by atoms with E-state index in [-0.39, 0.29) is 6.79 Å². The van der Waals surface area contributed by atoms with Gasteiger partial charge in [-0.3, -0.25) is 0 Å². The van der Waals surface area contributed by atoms with Gasteiger partial charge in [-0.25, -0.2) is 0 Å². The maximum absolute atomic E-state index is 6.74. The lowest BCUT2D eigenvalue weighted by atomic mass is 10.4. The fourth-order valence-electron chi connectivity index (χ4n) is 0.524. The van der Waals surface area contributed by atoms with Gasteiger partial charge in [0.2, 0.25) is 6.79 Å². The molecule has 0 spiro atoms. The molecule has 0 aromatic heterocycles. The van der Waals surface area contributed by atoms with E-state index in [9.17, 15) is 0 Å². The molecule has 2 N–H and O–H groups in total. The fraction of sp³-hybridized carbons (Fsp3) is 0.429. The van der Waals surface area contributed by atoms with E-state index in [1.807, 2.05) is 13.8 Å². The third-order valence-corrected chi connectivity index (χ3v) is 0.934. The summed E-state index contributed by atoms with van der Waals surface area (Å²) in [6.45, 7) is 4.12. The summed E-state index contributed by atoms with van der Waals surface area (Å²) in [7, 11) is 0. The van der Waals surface area contributed by atoms with Gasteiger partial charge in [-0.15, -0.1) is 0 Å². The molecule has 1 rings (SSSR count). The van der Waals surface area contributed by atoms with E-state index in [0.717, 1.165) is 12.4 Å². The Morgan fingerprint density at radius 3 is 1.73 bits per heavy atom. The minimum Gasteiger partial charge on any atom is -0.452 e. The molecular weight excluding hydrogens is 144 g/mol. The van der Waals surface area contributed by atoms with Crippen LogP contribution >= 0.6 is 0 Å². The largest absolute Gasteiger partial charge is 0.452 e. The number of hydrogen-bond acceptors (Lipinski definition) is 4. The molecule has 0 bridgehead atoms. The molecule has 0 fully saturated rings. The average Bonchev–Trinajstić information content (AvgIpc) is 2.54. The summed E-state index contributed by atoms with van der Waals surface area (Å²) < 4.78 is 9.54. The van der Waals surface area contributed by atoms with Crippen LogP contribution < -0.4 is 0 Å². The van der Waals surface area contributed by atoms with Crippen LogP contribution in [0.15, 0.2) is 11.5 Å². The highest BCUT2D eigenvalue weighted by atomic mass is 16.7.